The van der Waals surface area contributed by atoms with Crippen LogP contribution in [0.1, 0.15) is 11.1 Å². The highest BCUT2D eigenvalue weighted by Crippen LogP contribution is 2.32. The highest BCUT2D eigenvalue weighted by atomic mass is 35.5. The summed E-state index contributed by atoms with van der Waals surface area (Å²) in [4.78, 5) is 8.82. The number of rotatable bonds is 6. The van der Waals surface area contributed by atoms with Crippen molar-refractivity contribution >= 4 is 35.0 Å². The first-order valence-corrected chi connectivity index (χ1v) is 9.74. The number of hydrogen-bond donors (Lipinski definition) is 0. The number of thioether (sulfide) groups is 1. The fraction of sp³-hybridized carbons (Fsp3) is 0.158. The molecule has 4 nitrogen and oxygen atoms in total. The van der Waals surface area contributed by atoms with Gasteiger partial charge in [0, 0.05) is 11.4 Å². The van der Waals surface area contributed by atoms with Crippen molar-refractivity contribution in [1.82, 2.24) is 9.97 Å². The summed E-state index contributed by atoms with van der Waals surface area (Å²) < 4.78 is 11.2. The van der Waals surface area contributed by atoms with Gasteiger partial charge in [-0.3, -0.25) is 0 Å². The van der Waals surface area contributed by atoms with Crippen molar-refractivity contribution in [1.29, 1.82) is 0 Å². The zero-order valence-electron chi connectivity index (χ0n) is 14.2. The molecule has 0 saturated carbocycles. The predicted molar refractivity (Wildman–Crippen MR) is 106 cm³/mol. The Morgan fingerprint density at radius 1 is 0.923 bits per heavy atom. The van der Waals surface area contributed by atoms with E-state index in [0.29, 0.717) is 33.4 Å². The van der Waals surface area contributed by atoms with Gasteiger partial charge in [-0.2, -0.15) is 4.98 Å². The van der Waals surface area contributed by atoms with E-state index < -0.39 is 0 Å². The molecule has 1 heterocycles. The molecule has 0 spiro atoms. The molecule has 134 valence electrons. The molecule has 3 aromatic rings. The minimum Gasteiger partial charge on any atom is -0.497 e. The van der Waals surface area contributed by atoms with Gasteiger partial charge in [0.25, 0.3) is 0 Å². The lowest BCUT2D eigenvalue weighted by atomic mass is 10.1. The molecule has 0 aliphatic heterocycles. The van der Waals surface area contributed by atoms with E-state index in [1.165, 1.54) is 11.8 Å². The largest absolute Gasteiger partial charge is 0.497 e. The van der Waals surface area contributed by atoms with Gasteiger partial charge < -0.3 is 9.47 Å². The Kier molecular flexibility index (Phi) is 6.25. The Labute approximate surface area is 166 Å². The molecule has 3 rings (SSSR count). The topological polar surface area (TPSA) is 44.2 Å². The molecule has 0 atom stereocenters. The molecular formula is C19H16Cl2N2O2S. The highest BCUT2D eigenvalue weighted by molar-refractivity contribution is 7.98. The smallest absolute Gasteiger partial charge is 0.228 e. The highest BCUT2D eigenvalue weighted by Gasteiger charge is 2.16. The lowest BCUT2D eigenvalue weighted by Crippen LogP contribution is -2.01. The standard InChI is InChI=1S/C19H16Cl2N2O2S/c1-24-14-7-3-12(4-8-14)11-16-17(21)22-19(26-2)23-18(16)25-15-9-5-13(20)6-10-15/h3-10H,11H2,1-2H3. The molecule has 0 amide bonds. The Hall–Kier alpha value is -1.95. The molecule has 0 radical (unpaired) electrons. The molecular weight excluding hydrogens is 391 g/mol. The third-order valence-corrected chi connectivity index (χ3v) is 4.76. The van der Waals surface area contributed by atoms with Crippen LogP contribution in [-0.2, 0) is 6.42 Å². The number of hydrogen-bond acceptors (Lipinski definition) is 5. The van der Waals surface area contributed by atoms with Crippen molar-refractivity contribution in [3.05, 3.63) is 69.8 Å². The summed E-state index contributed by atoms with van der Waals surface area (Å²) in [7, 11) is 1.64. The molecule has 1 aromatic heterocycles. The summed E-state index contributed by atoms with van der Waals surface area (Å²) >= 11 is 13.8. The van der Waals surface area contributed by atoms with Crippen LogP contribution in [0.2, 0.25) is 10.2 Å². The van der Waals surface area contributed by atoms with E-state index >= 15 is 0 Å². The number of ether oxygens (including phenoxy) is 2. The summed E-state index contributed by atoms with van der Waals surface area (Å²) in [5.41, 5.74) is 1.78. The molecule has 0 bridgehead atoms. The van der Waals surface area contributed by atoms with Crippen LogP contribution >= 0.6 is 35.0 Å². The Morgan fingerprint density at radius 3 is 2.19 bits per heavy atom. The fourth-order valence-corrected chi connectivity index (χ4v) is 3.07. The zero-order valence-corrected chi connectivity index (χ0v) is 16.5. The normalized spacial score (nSPS) is 10.6. The second kappa shape index (κ2) is 8.62. The summed E-state index contributed by atoms with van der Waals surface area (Å²) in [6.07, 6.45) is 2.43. The van der Waals surface area contributed by atoms with Gasteiger partial charge in [-0.05, 0) is 48.2 Å². The molecule has 26 heavy (non-hydrogen) atoms. The van der Waals surface area contributed by atoms with Crippen molar-refractivity contribution < 1.29 is 9.47 Å². The van der Waals surface area contributed by atoms with Gasteiger partial charge >= 0.3 is 0 Å². The van der Waals surface area contributed by atoms with Gasteiger partial charge in [-0.25, -0.2) is 4.98 Å². The average molecular weight is 407 g/mol. The van der Waals surface area contributed by atoms with Crippen LogP contribution in [0.5, 0.6) is 17.4 Å². The Bertz CT molecular complexity index is 887. The average Bonchev–Trinajstić information content (AvgIpc) is 2.66. The second-order valence-corrected chi connectivity index (χ2v) is 6.93. The summed E-state index contributed by atoms with van der Waals surface area (Å²) in [6.45, 7) is 0. The molecule has 2 aromatic carbocycles. The van der Waals surface area contributed by atoms with Crippen LogP contribution in [0.15, 0.2) is 53.7 Å². The maximum Gasteiger partial charge on any atom is 0.228 e. The van der Waals surface area contributed by atoms with Crippen molar-refractivity contribution in [2.45, 2.75) is 11.6 Å². The van der Waals surface area contributed by atoms with E-state index in [2.05, 4.69) is 9.97 Å². The van der Waals surface area contributed by atoms with Gasteiger partial charge in [-0.1, -0.05) is 47.1 Å². The molecule has 0 fully saturated rings. The van der Waals surface area contributed by atoms with E-state index in [4.69, 9.17) is 32.7 Å². The van der Waals surface area contributed by atoms with E-state index in [-0.39, 0.29) is 0 Å². The number of methoxy groups -OCH3 is 1. The van der Waals surface area contributed by atoms with Crippen LogP contribution in [0.3, 0.4) is 0 Å². The van der Waals surface area contributed by atoms with Gasteiger partial charge in [0.05, 0.1) is 12.7 Å². The van der Waals surface area contributed by atoms with Crippen molar-refractivity contribution in [2.24, 2.45) is 0 Å². The lowest BCUT2D eigenvalue weighted by Gasteiger charge is -2.13. The lowest BCUT2D eigenvalue weighted by molar-refractivity contribution is 0.414. The van der Waals surface area contributed by atoms with Crippen LogP contribution < -0.4 is 9.47 Å². The van der Waals surface area contributed by atoms with E-state index in [1.54, 1.807) is 31.4 Å². The fourth-order valence-electron chi connectivity index (χ4n) is 2.31. The maximum atomic E-state index is 6.42. The molecule has 0 aliphatic carbocycles. The van der Waals surface area contributed by atoms with E-state index in [1.807, 2.05) is 30.5 Å². The monoisotopic (exact) mass is 406 g/mol. The van der Waals surface area contributed by atoms with E-state index in [9.17, 15) is 0 Å². The molecule has 0 aliphatic rings. The Morgan fingerprint density at radius 2 is 1.58 bits per heavy atom. The van der Waals surface area contributed by atoms with Crippen LogP contribution in [0.4, 0.5) is 0 Å². The maximum absolute atomic E-state index is 6.42. The van der Waals surface area contributed by atoms with Crippen molar-refractivity contribution in [3.63, 3.8) is 0 Å². The van der Waals surface area contributed by atoms with Gasteiger partial charge in [0.15, 0.2) is 5.16 Å². The SMILES string of the molecule is COc1ccc(Cc2c(Cl)nc(SC)nc2Oc2ccc(Cl)cc2)cc1. The van der Waals surface area contributed by atoms with Crippen LogP contribution in [-0.4, -0.2) is 23.3 Å². The van der Waals surface area contributed by atoms with Crippen LogP contribution in [0.25, 0.3) is 0 Å². The third kappa shape index (κ3) is 4.61. The first-order valence-electron chi connectivity index (χ1n) is 7.76. The minimum absolute atomic E-state index is 0.379. The van der Waals surface area contributed by atoms with Crippen molar-refractivity contribution in [3.8, 4) is 17.4 Å². The first-order chi connectivity index (χ1) is 12.6. The quantitative estimate of drug-likeness (QED) is 0.289. The number of aromatic nitrogens is 2. The molecule has 0 N–H and O–H groups in total. The Balaban J connectivity index is 1.95. The summed E-state index contributed by atoms with van der Waals surface area (Å²) in [5.74, 6) is 1.87. The van der Waals surface area contributed by atoms with Gasteiger partial charge in [0.2, 0.25) is 5.88 Å². The van der Waals surface area contributed by atoms with Crippen molar-refractivity contribution in [2.75, 3.05) is 13.4 Å². The third-order valence-electron chi connectivity index (χ3n) is 3.65. The van der Waals surface area contributed by atoms with Gasteiger partial charge in [0.1, 0.15) is 16.7 Å². The number of benzene rings is 2. The zero-order chi connectivity index (χ0) is 18.5. The predicted octanol–water partition coefficient (Wildman–Crippen LogP) is 5.90. The number of nitrogens with zero attached hydrogens (tertiary/aromatic N) is 2. The molecule has 7 heteroatoms. The summed E-state index contributed by atoms with van der Waals surface area (Å²) in [5, 5.41) is 1.57. The molecule has 0 saturated heterocycles. The van der Waals surface area contributed by atoms with E-state index in [0.717, 1.165) is 16.9 Å². The molecule has 0 unspecified atom stereocenters. The van der Waals surface area contributed by atoms with Gasteiger partial charge in [-0.15, -0.1) is 0 Å². The minimum atomic E-state index is 0.379. The summed E-state index contributed by atoms with van der Waals surface area (Å²) in [6, 6.07) is 14.9. The second-order valence-electron chi connectivity index (χ2n) is 5.37. The number of halogens is 2. The van der Waals surface area contributed by atoms with Crippen LogP contribution in [0, 0.1) is 0 Å². The first kappa shape index (κ1) is 18.8.